The molecule has 0 bridgehead atoms. The Morgan fingerprint density at radius 3 is 2.33 bits per heavy atom. The van der Waals surface area contributed by atoms with E-state index in [2.05, 4.69) is 41.5 Å². The van der Waals surface area contributed by atoms with Crippen LogP contribution in [0.4, 0.5) is 11.6 Å². The number of thiocarbonyl (C=S) groups is 1. The minimum absolute atomic E-state index is 0.362. The zero-order valence-electron chi connectivity index (χ0n) is 15.5. The lowest BCUT2D eigenvalue weighted by Crippen LogP contribution is -2.20. The van der Waals surface area contributed by atoms with Gasteiger partial charge in [-0.3, -0.25) is 4.98 Å². The third-order valence-corrected chi connectivity index (χ3v) is 4.98. The van der Waals surface area contributed by atoms with Crippen LogP contribution in [0.1, 0.15) is 0 Å². The molecule has 30 heavy (non-hydrogen) atoms. The van der Waals surface area contributed by atoms with E-state index in [4.69, 9.17) is 23.8 Å². The second kappa shape index (κ2) is 9.30. The molecule has 2 aromatic carbocycles. The van der Waals surface area contributed by atoms with Crippen LogP contribution >= 0.6 is 39.7 Å². The fourth-order valence-electron chi connectivity index (χ4n) is 2.79. The monoisotopic (exact) mass is 495 g/mol. The first kappa shape index (κ1) is 20.4. The van der Waals surface area contributed by atoms with Crippen LogP contribution in [-0.4, -0.2) is 20.1 Å². The molecule has 0 fully saturated rings. The van der Waals surface area contributed by atoms with Crippen LogP contribution < -0.4 is 10.6 Å². The van der Waals surface area contributed by atoms with Crippen molar-refractivity contribution in [2.75, 3.05) is 10.6 Å². The van der Waals surface area contributed by atoms with Gasteiger partial charge >= 0.3 is 0 Å². The van der Waals surface area contributed by atoms with Crippen molar-refractivity contribution in [3.63, 3.8) is 0 Å². The Labute approximate surface area is 192 Å². The van der Waals surface area contributed by atoms with Crippen LogP contribution in [0.25, 0.3) is 22.5 Å². The fraction of sp³-hybridized carbons (Fsp3) is 0. The highest BCUT2D eigenvalue weighted by Crippen LogP contribution is 2.26. The number of aromatic nitrogens is 3. The molecule has 0 radical (unpaired) electrons. The van der Waals surface area contributed by atoms with Crippen molar-refractivity contribution in [2.24, 2.45) is 0 Å². The lowest BCUT2D eigenvalue weighted by Gasteiger charge is -2.12. The van der Waals surface area contributed by atoms with Gasteiger partial charge in [-0.1, -0.05) is 48.0 Å². The minimum Gasteiger partial charge on any atom is -0.332 e. The summed E-state index contributed by atoms with van der Waals surface area (Å²) < 4.78 is 0.868. The lowest BCUT2D eigenvalue weighted by atomic mass is 10.1. The van der Waals surface area contributed by atoms with Crippen molar-refractivity contribution in [1.29, 1.82) is 0 Å². The maximum Gasteiger partial charge on any atom is 0.230 e. The van der Waals surface area contributed by atoms with Gasteiger partial charge in [0, 0.05) is 38.7 Å². The Morgan fingerprint density at radius 2 is 1.60 bits per heavy atom. The summed E-state index contributed by atoms with van der Waals surface area (Å²) in [4.78, 5) is 13.5. The van der Waals surface area contributed by atoms with Gasteiger partial charge in [0.2, 0.25) is 5.95 Å². The smallest absolute Gasteiger partial charge is 0.230 e. The molecule has 0 aliphatic carbocycles. The number of anilines is 2. The Hall–Kier alpha value is -2.87. The second-order valence-corrected chi connectivity index (χ2v) is 8.07. The van der Waals surface area contributed by atoms with E-state index < -0.39 is 0 Å². The first-order chi connectivity index (χ1) is 14.6. The van der Waals surface area contributed by atoms with Crippen LogP contribution in [0, 0.1) is 0 Å². The van der Waals surface area contributed by atoms with Gasteiger partial charge in [0.15, 0.2) is 5.11 Å². The molecule has 0 unspecified atom stereocenters. The van der Waals surface area contributed by atoms with Gasteiger partial charge < -0.3 is 10.6 Å². The molecule has 2 heterocycles. The maximum absolute atomic E-state index is 6.04. The Kier molecular flexibility index (Phi) is 6.32. The van der Waals surface area contributed by atoms with Crippen LogP contribution in [0.15, 0.2) is 83.6 Å². The first-order valence-corrected chi connectivity index (χ1v) is 10.5. The summed E-state index contributed by atoms with van der Waals surface area (Å²) in [5, 5.41) is 7.14. The molecule has 0 atom stereocenters. The summed E-state index contributed by atoms with van der Waals surface area (Å²) in [6.07, 6.45) is 3.49. The van der Waals surface area contributed by atoms with E-state index in [-0.39, 0.29) is 0 Å². The van der Waals surface area contributed by atoms with Gasteiger partial charge in [-0.05, 0) is 58.5 Å². The highest BCUT2D eigenvalue weighted by Gasteiger charge is 2.11. The van der Waals surface area contributed by atoms with Crippen LogP contribution in [0.2, 0.25) is 5.02 Å². The van der Waals surface area contributed by atoms with E-state index in [1.807, 2.05) is 54.6 Å². The number of hydrogen-bond donors (Lipinski definition) is 2. The molecule has 5 nitrogen and oxygen atoms in total. The van der Waals surface area contributed by atoms with Crippen molar-refractivity contribution in [3.8, 4) is 22.5 Å². The molecule has 0 spiro atoms. The molecule has 4 rings (SSSR count). The number of pyridine rings is 1. The molecule has 2 N–H and O–H groups in total. The third kappa shape index (κ3) is 5.18. The number of rotatable bonds is 4. The van der Waals surface area contributed by atoms with Crippen molar-refractivity contribution < 1.29 is 0 Å². The summed E-state index contributed by atoms with van der Waals surface area (Å²) in [6.45, 7) is 0. The zero-order valence-corrected chi connectivity index (χ0v) is 18.7. The highest BCUT2D eigenvalue weighted by atomic mass is 79.9. The van der Waals surface area contributed by atoms with Crippen molar-refractivity contribution in [2.45, 2.75) is 0 Å². The Bertz CT molecular complexity index is 1200. The van der Waals surface area contributed by atoms with Crippen molar-refractivity contribution >= 4 is 56.5 Å². The van der Waals surface area contributed by atoms with Gasteiger partial charge in [-0.15, -0.1) is 0 Å². The van der Waals surface area contributed by atoms with Gasteiger partial charge in [0.25, 0.3) is 0 Å². The van der Waals surface area contributed by atoms with Crippen molar-refractivity contribution in [1.82, 2.24) is 15.0 Å². The first-order valence-electron chi connectivity index (χ1n) is 8.96. The maximum atomic E-state index is 6.04. The summed E-state index contributed by atoms with van der Waals surface area (Å²) in [5.41, 5.74) is 4.11. The molecule has 0 amide bonds. The van der Waals surface area contributed by atoms with Gasteiger partial charge in [-0.2, -0.15) is 0 Å². The largest absolute Gasteiger partial charge is 0.332 e. The summed E-state index contributed by atoms with van der Waals surface area (Å²) >= 11 is 14.9. The molecule has 0 saturated carbocycles. The van der Waals surface area contributed by atoms with E-state index in [1.54, 1.807) is 24.5 Å². The second-order valence-electron chi connectivity index (χ2n) is 6.31. The number of nitrogens with one attached hydrogen (secondary N) is 2. The van der Waals surface area contributed by atoms with E-state index in [9.17, 15) is 0 Å². The van der Waals surface area contributed by atoms with E-state index in [0.29, 0.717) is 16.1 Å². The number of nitrogens with zero attached hydrogens (tertiary/aromatic N) is 3. The summed E-state index contributed by atoms with van der Waals surface area (Å²) in [7, 11) is 0. The minimum atomic E-state index is 0.362. The zero-order chi connectivity index (χ0) is 20.9. The van der Waals surface area contributed by atoms with Crippen LogP contribution in [-0.2, 0) is 0 Å². The molecular weight excluding hydrogens is 482 g/mol. The molecular formula is C22H15BrClN5S. The normalized spacial score (nSPS) is 10.5. The van der Waals surface area contributed by atoms with E-state index in [0.717, 1.165) is 32.7 Å². The Morgan fingerprint density at radius 1 is 0.833 bits per heavy atom. The number of hydrogen-bond acceptors (Lipinski definition) is 4. The van der Waals surface area contributed by atoms with Gasteiger partial charge in [-0.25, -0.2) is 9.97 Å². The molecule has 4 aromatic rings. The molecule has 148 valence electrons. The standard InChI is InChI=1S/C22H15BrClN5S/c23-16-9-15(12-25-13-16)20-11-19(14-5-2-1-3-6-14)27-21(28-20)29-22(30)26-18-8-4-7-17(24)10-18/h1-13H,(H2,26,27,28,29,30). The summed E-state index contributed by atoms with van der Waals surface area (Å²) in [5.74, 6) is 0.380. The number of benzene rings is 2. The van der Waals surface area contributed by atoms with Crippen LogP contribution in [0.3, 0.4) is 0 Å². The molecule has 0 saturated heterocycles. The van der Waals surface area contributed by atoms with Gasteiger partial charge in [0.1, 0.15) is 0 Å². The van der Waals surface area contributed by atoms with Gasteiger partial charge in [0.05, 0.1) is 11.4 Å². The van der Waals surface area contributed by atoms with Crippen molar-refractivity contribution in [3.05, 3.63) is 88.6 Å². The predicted octanol–water partition coefficient (Wildman–Crippen LogP) is 6.43. The number of halogens is 2. The third-order valence-electron chi connectivity index (χ3n) is 4.10. The SMILES string of the molecule is S=C(Nc1cccc(Cl)c1)Nc1nc(-c2ccccc2)cc(-c2cncc(Br)c2)n1. The van der Waals surface area contributed by atoms with E-state index in [1.165, 1.54) is 0 Å². The molecule has 0 aliphatic rings. The average Bonchev–Trinajstić information content (AvgIpc) is 2.74. The topological polar surface area (TPSA) is 62.7 Å². The fourth-order valence-corrected chi connectivity index (χ4v) is 3.55. The van der Waals surface area contributed by atoms with E-state index >= 15 is 0 Å². The Balaban J connectivity index is 1.67. The highest BCUT2D eigenvalue weighted by molar-refractivity contribution is 9.10. The van der Waals surface area contributed by atoms with Crippen LogP contribution in [0.5, 0.6) is 0 Å². The molecule has 2 aromatic heterocycles. The predicted molar refractivity (Wildman–Crippen MR) is 130 cm³/mol. The lowest BCUT2D eigenvalue weighted by molar-refractivity contribution is 1.18. The average molecular weight is 497 g/mol. The molecule has 0 aliphatic heterocycles. The molecule has 8 heteroatoms. The summed E-state index contributed by atoms with van der Waals surface area (Å²) in [6, 6.07) is 21.1. The quantitative estimate of drug-likeness (QED) is 0.317.